The maximum absolute atomic E-state index is 12.5. The molecular weight excluding hydrogens is 332 g/mol. The van der Waals surface area contributed by atoms with Gasteiger partial charge >= 0.3 is 0 Å². The largest absolute Gasteiger partial charge is 0.342 e. The molecule has 2 heterocycles. The molecule has 3 rings (SSSR count). The highest BCUT2D eigenvalue weighted by molar-refractivity contribution is 7.91. The molecular formula is C16H24N2O3S2. The maximum Gasteiger partial charge on any atom is 0.250 e. The van der Waals surface area contributed by atoms with Gasteiger partial charge in [0.2, 0.25) is 15.9 Å². The molecule has 1 aliphatic heterocycles. The summed E-state index contributed by atoms with van der Waals surface area (Å²) in [7, 11) is -3.45. The van der Waals surface area contributed by atoms with Gasteiger partial charge in [0.25, 0.3) is 0 Å². The fourth-order valence-electron chi connectivity index (χ4n) is 3.32. The molecule has 0 bridgehead atoms. The molecule has 1 N–H and O–H groups in total. The number of hydrogen-bond donors (Lipinski definition) is 1. The average molecular weight is 357 g/mol. The van der Waals surface area contributed by atoms with Crippen molar-refractivity contribution in [2.75, 3.05) is 13.1 Å². The number of amides is 1. The Morgan fingerprint density at radius 2 is 1.83 bits per heavy atom. The number of hydrogen-bond acceptors (Lipinski definition) is 4. The van der Waals surface area contributed by atoms with Crippen LogP contribution in [-0.4, -0.2) is 38.4 Å². The van der Waals surface area contributed by atoms with Crippen LogP contribution in [0.3, 0.4) is 0 Å². The van der Waals surface area contributed by atoms with Gasteiger partial charge in [-0.15, -0.1) is 11.3 Å². The molecule has 0 unspecified atom stereocenters. The third-order valence-corrected chi connectivity index (χ3v) is 7.71. The van der Waals surface area contributed by atoms with Crippen LogP contribution in [0.4, 0.5) is 0 Å². The van der Waals surface area contributed by atoms with E-state index < -0.39 is 10.0 Å². The van der Waals surface area contributed by atoms with Crippen molar-refractivity contribution < 1.29 is 13.2 Å². The van der Waals surface area contributed by atoms with Gasteiger partial charge in [0, 0.05) is 24.0 Å². The zero-order valence-corrected chi connectivity index (χ0v) is 14.9. The van der Waals surface area contributed by atoms with Crippen molar-refractivity contribution in [3.8, 4) is 0 Å². The van der Waals surface area contributed by atoms with E-state index in [1.54, 1.807) is 12.1 Å². The Bertz CT molecular complexity index is 642. The van der Waals surface area contributed by atoms with Crippen molar-refractivity contribution in [2.45, 2.75) is 61.6 Å². The second-order valence-electron chi connectivity index (χ2n) is 6.44. The van der Waals surface area contributed by atoms with E-state index in [1.807, 2.05) is 4.90 Å². The molecule has 23 heavy (non-hydrogen) atoms. The highest BCUT2D eigenvalue weighted by atomic mass is 32.2. The van der Waals surface area contributed by atoms with Gasteiger partial charge in [-0.2, -0.15) is 0 Å². The lowest BCUT2D eigenvalue weighted by Gasteiger charge is -2.22. The standard InChI is InChI=1S/C16H24N2O3S2/c19-15(18-10-4-5-11-18)12-14-8-9-16(22-14)23(20,21)17-13-6-2-1-3-7-13/h8-9,13,17H,1-7,10-12H2. The first-order valence-corrected chi connectivity index (χ1v) is 10.7. The summed E-state index contributed by atoms with van der Waals surface area (Å²) < 4.78 is 28.1. The number of rotatable bonds is 5. The van der Waals surface area contributed by atoms with Crippen molar-refractivity contribution in [1.29, 1.82) is 0 Å². The van der Waals surface area contributed by atoms with Crippen LogP contribution < -0.4 is 4.72 Å². The Balaban J connectivity index is 1.61. The third kappa shape index (κ3) is 4.33. The normalized spacial score (nSPS) is 20.1. The van der Waals surface area contributed by atoms with Gasteiger partial charge in [-0.05, 0) is 37.8 Å². The lowest BCUT2D eigenvalue weighted by Crippen LogP contribution is -2.35. The molecule has 2 aliphatic rings. The minimum Gasteiger partial charge on any atom is -0.342 e. The molecule has 128 valence electrons. The molecule has 2 fully saturated rings. The number of carbonyl (C=O) groups excluding carboxylic acids is 1. The Hall–Kier alpha value is -0.920. The molecule has 1 aromatic rings. The zero-order chi connectivity index (χ0) is 16.3. The highest BCUT2D eigenvalue weighted by Crippen LogP contribution is 2.25. The van der Waals surface area contributed by atoms with Crippen LogP contribution in [0.5, 0.6) is 0 Å². The third-order valence-electron chi connectivity index (χ3n) is 4.61. The Morgan fingerprint density at radius 1 is 1.13 bits per heavy atom. The summed E-state index contributed by atoms with van der Waals surface area (Å²) in [6, 6.07) is 3.46. The van der Waals surface area contributed by atoms with E-state index >= 15 is 0 Å². The number of nitrogens with zero attached hydrogens (tertiary/aromatic N) is 1. The first-order valence-electron chi connectivity index (χ1n) is 8.43. The Morgan fingerprint density at radius 3 is 2.52 bits per heavy atom. The van der Waals surface area contributed by atoms with Crippen molar-refractivity contribution in [3.63, 3.8) is 0 Å². The zero-order valence-electron chi connectivity index (χ0n) is 13.3. The molecule has 0 spiro atoms. The molecule has 1 aromatic heterocycles. The number of carbonyl (C=O) groups is 1. The predicted molar refractivity (Wildman–Crippen MR) is 91.0 cm³/mol. The highest BCUT2D eigenvalue weighted by Gasteiger charge is 2.24. The SMILES string of the molecule is O=C(Cc1ccc(S(=O)(=O)NC2CCCCC2)s1)N1CCCC1. The lowest BCUT2D eigenvalue weighted by atomic mass is 9.96. The van der Waals surface area contributed by atoms with Crippen LogP contribution in [0.1, 0.15) is 49.8 Å². The summed E-state index contributed by atoms with van der Waals surface area (Å²) in [5.74, 6) is 0.105. The Kier molecular flexibility index (Phi) is 5.38. The number of likely N-dealkylation sites (tertiary alicyclic amines) is 1. The molecule has 7 heteroatoms. The number of sulfonamides is 1. The van der Waals surface area contributed by atoms with Gasteiger partial charge < -0.3 is 4.90 Å². The second-order valence-corrected chi connectivity index (χ2v) is 9.55. The summed E-state index contributed by atoms with van der Waals surface area (Å²) in [6.45, 7) is 1.66. The smallest absolute Gasteiger partial charge is 0.250 e. The van der Waals surface area contributed by atoms with Crippen molar-refractivity contribution in [2.24, 2.45) is 0 Å². The monoisotopic (exact) mass is 356 g/mol. The van der Waals surface area contributed by atoms with Crippen LogP contribution in [0.15, 0.2) is 16.3 Å². The minimum atomic E-state index is -3.45. The van der Waals surface area contributed by atoms with Gasteiger partial charge in [0.15, 0.2) is 0 Å². The van der Waals surface area contributed by atoms with Crippen molar-refractivity contribution in [1.82, 2.24) is 9.62 Å². The predicted octanol–water partition coefficient (Wildman–Crippen LogP) is 2.52. The van der Waals surface area contributed by atoms with E-state index in [1.165, 1.54) is 17.8 Å². The Labute approximate surface area is 142 Å². The van der Waals surface area contributed by atoms with Gasteiger partial charge in [-0.1, -0.05) is 19.3 Å². The summed E-state index contributed by atoms with van der Waals surface area (Å²) in [5, 5.41) is 0. The van der Waals surface area contributed by atoms with Crippen LogP contribution >= 0.6 is 11.3 Å². The molecule has 0 radical (unpaired) electrons. The molecule has 5 nitrogen and oxygen atoms in total. The fraction of sp³-hybridized carbons (Fsp3) is 0.688. The topological polar surface area (TPSA) is 66.5 Å². The van der Waals surface area contributed by atoms with Gasteiger partial charge in [0.05, 0.1) is 6.42 Å². The van der Waals surface area contributed by atoms with Gasteiger partial charge in [0.1, 0.15) is 4.21 Å². The molecule has 0 atom stereocenters. The van der Waals surface area contributed by atoms with E-state index in [0.29, 0.717) is 10.6 Å². The molecule has 1 aliphatic carbocycles. The average Bonchev–Trinajstić information content (AvgIpc) is 3.19. The number of nitrogens with one attached hydrogen (secondary N) is 1. The van der Waals surface area contributed by atoms with E-state index in [2.05, 4.69) is 4.72 Å². The van der Waals surface area contributed by atoms with E-state index in [4.69, 9.17) is 0 Å². The fourth-order valence-corrected chi connectivity index (χ4v) is 5.99. The summed E-state index contributed by atoms with van der Waals surface area (Å²) in [5.41, 5.74) is 0. The van der Waals surface area contributed by atoms with Crippen LogP contribution in [0, 0.1) is 0 Å². The minimum absolute atomic E-state index is 0.0607. The first kappa shape index (κ1) is 16.9. The van der Waals surface area contributed by atoms with Crippen LogP contribution in [0.2, 0.25) is 0 Å². The van der Waals surface area contributed by atoms with Gasteiger partial charge in [-0.3, -0.25) is 4.79 Å². The van der Waals surface area contributed by atoms with Crippen LogP contribution in [-0.2, 0) is 21.2 Å². The maximum atomic E-state index is 12.5. The molecule has 1 amide bonds. The quantitative estimate of drug-likeness (QED) is 0.881. The van der Waals surface area contributed by atoms with Crippen molar-refractivity contribution >= 4 is 27.3 Å². The summed E-state index contributed by atoms with van der Waals surface area (Å²) in [4.78, 5) is 14.9. The van der Waals surface area contributed by atoms with Gasteiger partial charge in [-0.25, -0.2) is 13.1 Å². The summed E-state index contributed by atoms with van der Waals surface area (Å²) in [6.07, 6.45) is 7.67. The molecule has 0 aromatic carbocycles. The number of thiophene rings is 1. The second kappa shape index (κ2) is 7.32. The molecule has 1 saturated carbocycles. The van der Waals surface area contributed by atoms with Crippen LogP contribution in [0.25, 0.3) is 0 Å². The van der Waals surface area contributed by atoms with E-state index in [0.717, 1.165) is 56.5 Å². The molecule has 1 saturated heterocycles. The van der Waals surface area contributed by atoms with E-state index in [9.17, 15) is 13.2 Å². The lowest BCUT2D eigenvalue weighted by molar-refractivity contribution is -0.129. The first-order chi connectivity index (χ1) is 11.0. The van der Waals surface area contributed by atoms with E-state index in [-0.39, 0.29) is 11.9 Å². The van der Waals surface area contributed by atoms with Crippen molar-refractivity contribution in [3.05, 3.63) is 17.0 Å². The summed E-state index contributed by atoms with van der Waals surface area (Å²) >= 11 is 1.22.